The smallest absolute Gasteiger partial charge is 0.305 e. The van der Waals surface area contributed by atoms with Gasteiger partial charge in [-0.15, -0.1) is 0 Å². The lowest BCUT2D eigenvalue weighted by Crippen LogP contribution is -2.22. The maximum Gasteiger partial charge on any atom is 0.305 e. The molecule has 1 aromatic rings. The Morgan fingerprint density at radius 2 is 1.88 bits per heavy atom. The highest BCUT2D eigenvalue weighted by Gasteiger charge is 2.20. The third kappa shape index (κ3) is 3.37. The fourth-order valence-corrected chi connectivity index (χ4v) is 1.76. The molecule has 0 N–H and O–H groups in total. The topological polar surface area (TPSA) is 26.3 Å². The summed E-state index contributed by atoms with van der Waals surface area (Å²) in [4.78, 5) is 11.3. The lowest BCUT2D eigenvalue weighted by atomic mass is 9.94. The van der Waals surface area contributed by atoms with Gasteiger partial charge in [0.25, 0.3) is 0 Å². The van der Waals surface area contributed by atoms with E-state index in [1.807, 2.05) is 32.0 Å². The van der Waals surface area contributed by atoms with Gasteiger partial charge in [-0.2, -0.15) is 0 Å². The van der Waals surface area contributed by atoms with Gasteiger partial charge in [0.2, 0.25) is 0 Å². The Hall–Kier alpha value is -1.31. The monoisotopic (exact) mass is 220 g/mol. The highest BCUT2D eigenvalue weighted by Crippen LogP contribution is 2.23. The van der Waals surface area contributed by atoms with E-state index in [-0.39, 0.29) is 18.0 Å². The van der Waals surface area contributed by atoms with Crippen molar-refractivity contribution in [3.05, 3.63) is 35.9 Å². The minimum absolute atomic E-state index is 0.0187. The van der Waals surface area contributed by atoms with Crippen molar-refractivity contribution in [3.8, 4) is 0 Å². The van der Waals surface area contributed by atoms with Gasteiger partial charge in [0, 0.05) is 12.3 Å². The zero-order valence-electron chi connectivity index (χ0n) is 10.3. The van der Waals surface area contributed by atoms with Gasteiger partial charge in [0.1, 0.15) is 6.10 Å². The molecule has 0 radical (unpaired) electrons. The second-order valence-electron chi connectivity index (χ2n) is 3.99. The molecule has 2 atom stereocenters. The summed E-state index contributed by atoms with van der Waals surface area (Å²) in [5.41, 5.74) is 1.22. The average Bonchev–Trinajstić information content (AvgIpc) is 2.35. The molecule has 1 rings (SSSR count). The second-order valence-corrected chi connectivity index (χ2v) is 3.99. The first kappa shape index (κ1) is 12.8. The zero-order chi connectivity index (χ0) is 12.0. The highest BCUT2D eigenvalue weighted by molar-refractivity contribution is 5.69. The fourth-order valence-electron chi connectivity index (χ4n) is 1.76. The molecule has 16 heavy (non-hydrogen) atoms. The quantitative estimate of drug-likeness (QED) is 0.710. The summed E-state index contributed by atoms with van der Waals surface area (Å²) in [7, 11) is 0. The lowest BCUT2D eigenvalue weighted by Gasteiger charge is -2.23. The van der Waals surface area contributed by atoms with E-state index in [0.29, 0.717) is 6.42 Å². The van der Waals surface area contributed by atoms with Crippen LogP contribution in [0.5, 0.6) is 0 Å². The Balaban J connectivity index is 2.70. The van der Waals surface area contributed by atoms with Crippen LogP contribution in [0.3, 0.4) is 0 Å². The van der Waals surface area contributed by atoms with E-state index < -0.39 is 0 Å². The third-order valence-electron chi connectivity index (χ3n) is 2.86. The standard InChI is InChI=1S/C14H20O2/c1-4-13(16-14(15)5-2)11(3)12-9-7-6-8-10-12/h6-11,13H,4-5H2,1-3H3/t11-,13-/m1/s1. The first-order valence-corrected chi connectivity index (χ1v) is 5.93. The minimum atomic E-state index is -0.116. The zero-order valence-corrected chi connectivity index (χ0v) is 10.3. The molecule has 0 aliphatic carbocycles. The summed E-state index contributed by atoms with van der Waals surface area (Å²) in [6, 6.07) is 10.2. The van der Waals surface area contributed by atoms with Crippen LogP contribution in [0.2, 0.25) is 0 Å². The molecule has 0 heterocycles. The number of hydrogen-bond acceptors (Lipinski definition) is 2. The second kappa shape index (κ2) is 6.31. The normalized spacial score (nSPS) is 14.2. The molecule has 2 heteroatoms. The number of hydrogen-bond donors (Lipinski definition) is 0. The molecule has 0 unspecified atom stereocenters. The van der Waals surface area contributed by atoms with Crippen molar-refractivity contribution in [1.29, 1.82) is 0 Å². The van der Waals surface area contributed by atoms with Crippen LogP contribution in [0.15, 0.2) is 30.3 Å². The van der Waals surface area contributed by atoms with Crippen molar-refractivity contribution in [1.82, 2.24) is 0 Å². The Morgan fingerprint density at radius 3 is 2.38 bits per heavy atom. The number of rotatable bonds is 5. The van der Waals surface area contributed by atoms with Crippen LogP contribution in [0, 0.1) is 0 Å². The Kier molecular flexibility index (Phi) is 5.03. The lowest BCUT2D eigenvalue weighted by molar-refractivity contribution is -0.149. The third-order valence-corrected chi connectivity index (χ3v) is 2.86. The van der Waals surface area contributed by atoms with Crippen molar-refractivity contribution < 1.29 is 9.53 Å². The van der Waals surface area contributed by atoms with Crippen LogP contribution >= 0.6 is 0 Å². The van der Waals surface area contributed by atoms with Gasteiger partial charge >= 0.3 is 5.97 Å². The van der Waals surface area contributed by atoms with Crippen molar-refractivity contribution in [2.24, 2.45) is 0 Å². The number of esters is 1. The van der Waals surface area contributed by atoms with Gasteiger partial charge in [0.15, 0.2) is 0 Å². The van der Waals surface area contributed by atoms with Crippen LogP contribution in [0.25, 0.3) is 0 Å². The van der Waals surface area contributed by atoms with Gasteiger partial charge in [-0.3, -0.25) is 4.79 Å². The van der Waals surface area contributed by atoms with E-state index >= 15 is 0 Å². The van der Waals surface area contributed by atoms with Crippen LogP contribution in [0.1, 0.15) is 45.1 Å². The van der Waals surface area contributed by atoms with Gasteiger partial charge in [0.05, 0.1) is 0 Å². The van der Waals surface area contributed by atoms with E-state index in [2.05, 4.69) is 19.1 Å². The van der Waals surface area contributed by atoms with Gasteiger partial charge < -0.3 is 4.74 Å². The molecule has 0 bridgehead atoms. The van der Waals surface area contributed by atoms with Crippen molar-refractivity contribution >= 4 is 5.97 Å². The molecule has 2 nitrogen and oxygen atoms in total. The molecule has 0 fully saturated rings. The Bertz CT molecular complexity index is 319. The minimum Gasteiger partial charge on any atom is -0.462 e. The highest BCUT2D eigenvalue weighted by atomic mass is 16.5. The predicted molar refractivity (Wildman–Crippen MR) is 65.3 cm³/mol. The Morgan fingerprint density at radius 1 is 1.25 bits per heavy atom. The van der Waals surface area contributed by atoms with Gasteiger partial charge in [-0.25, -0.2) is 0 Å². The van der Waals surface area contributed by atoms with Gasteiger partial charge in [-0.1, -0.05) is 51.1 Å². The number of carbonyl (C=O) groups is 1. The van der Waals surface area contributed by atoms with Crippen LogP contribution in [-0.2, 0) is 9.53 Å². The molecular formula is C14H20O2. The van der Waals surface area contributed by atoms with E-state index in [1.165, 1.54) is 5.56 Å². The van der Waals surface area contributed by atoms with Crippen LogP contribution in [0.4, 0.5) is 0 Å². The molecule has 0 saturated carbocycles. The van der Waals surface area contributed by atoms with Crippen molar-refractivity contribution in [2.75, 3.05) is 0 Å². The first-order valence-electron chi connectivity index (χ1n) is 5.93. The summed E-state index contributed by atoms with van der Waals surface area (Å²) in [5.74, 6) is 0.135. The summed E-state index contributed by atoms with van der Waals surface area (Å²) in [6.45, 7) is 5.97. The molecule has 0 aliphatic rings. The first-order chi connectivity index (χ1) is 7.69. The molecule has 1 aromatic carbocycles. The van der Waals surface area contributed by atoms with Crippen LogP contribution in [-0.4, -0.2) is 12.1 Å². The molecule has 0 aromatic heterocycles. The van der Waals surface area contributed by atoms with E-state index in [0.717, 1.165) is 6.42 Å². The SMILES string of the molecule is CCC(=O)O[C@H](CC)[C@H](C)c1ccccc1. The van der Waals surface area contributed by atoms with Gasteiger partial charge in [-0.05, 0) is 12.0 Å². The molecule has 0 spiro atoms. The van der Waals surface area contributed by atoms with E-state index in [4.69, 9.17) is 4.74 Å². The largest absolute Gasteiger partial charge is 0.462 e. The van der Waals surface area contributed by atoms with Crippen molar-refractivity contribution in [3.63, 3.8) is 0 Å². The molecule has 0 saturated heterocycles. The fraction of sp³-hybridized carbons (Fsp3) is 0.500. The predicted octanol–water partition coefficient (Wildman–Crippen LogP) is 3.52. The van der Waals surface area contributed by atoms with E-state index in [9.17, 15) is 4.79 Å². The molecule has 88 valence electrons. The molecular weight excluding hydrogens is 200 g/mol. The van der Waals surface area contributed by atoms with E-state index in [1.54, 1.807) is 0 Å². The number of carbonyl (C=O) groups excluding carboxylic acids is 1. The summed E-state index contributed by atoms with van der Waals surface area (Å²) >= 11 is 0. The Labute approximate surface area is 97.6 Å². The summed E-state index contributed by atoms with van der Waals surface area (Å²) in [6.07, 6.45) is 1.27. The molecule has 0 amide bonds. The van der Waals surface area contributed by atoms with Crippen LogP contribution < -0.4 is 0 Å². The maximum absolute atomic E-state index is 11.3. The number of benzene rings is 1. The molecule has 0 aliphatic heterocycles. The number of ether oxygens (including phenoxy) is 1. The van der Waals surface area contributed by atoms with Crippen molar-refractivity contribution in [2.45, 2.75) is 45.6 Å². The average molecular weight is 220 g/mol. The summed E-state index contributed by atoms with van der Waals surface area (Å²) in [5, 5.41) is 0. The summed E-state index contributed by atoms with van der Waals surface area (Å²) < 4.78 is 5.43. The maximum atomic E-state index is 11.3.